The third-order valence-corrected chi connectivity index (χ3v) is 6.06. The Balaban J connectivity index is 1.57. The van der Waals surface area contributed by atoms with E-state index in [0.29, 0.717) is 13.1 Å². The number of carbonyl (C=O) groups excluding carboxylic acids is 2. The average Bonchev–Trinajstić information content (AvgIpc) is 3.14. The molecule has 1 fully saturated rings. The number of hydrogen-bond acceptors (Lipinski definition) is 2. The van der Waals surface area contributed by atoms with Crippen molar-refractivity contribution in [2.24, 2.45) is 5.92 Å². The van der Waals surface area contributed by atoms with Crippen molar-refractivity contribution in [2.45, 2.75) is 45.2 Å². The van der Waals surface area contributed by atoms with E-state index >= 15 is 0 Å². The van der Waals surface area contributed by atoms with Gasteiger partial charge in [0, 0.05) is 37.4 Å². The first-order valence-corrected chi connectivity index (χ1v) is 10.5. The summed E-state index contributed by atoms with van der Waals surface area (Å²) in [6.07, 6.45) is 6.02. The molecule has 4 rings (SSSR count). The van der Waals surface area contributed by atoms with E-state index in [0.717, 1.165) is 43.5 Å². The Hall–Kier alpha value is -2.56. The molecule has 5 heteroatoms. The summed E-state index contributed by atoms with van der Waals surface area (Å²) in [7, 11) is 0. The van der Waals surface area contributed by atoms with Crippen LogP contribution in [0.2, 0.25) is 0 Å². The lowest BCUT2D eigenvalue weighted by atomic mass is 9.84. The molecule has 1 aromatic carbocycles. The number of amides is 2. The highest BCUT2D eigenvalue weighted by Crippen LogP contribution is 2.33. The summed E-state index contributed by atoms with van der Waals surface area (Å²) >= 11 is 0. The topological polar surface area (TPSA) is 45.6 Å². The SMILES string of the molecule is CCCN(CC(=O)N1CCn2cccc2C1c1ccccc1)C(=O)C1CCC1. The van der Waals surface area contributed by atoms with Gasteiger partial charge in [-0.25, -0.2) is 0 Å². The van der Waals surface area contributed by atoms with Gasteiger partial charge in [-0.15, -0.1) is 0 Å². The molecular weight excluding hydrogens is 350 g/mol. The third kappa shape index (κ3) is 3.58. The summed E-state index contributed by atoms with van der Waals surface area (Å²) in [6.45, 7) is 4.36. The van der Waals surface area contributed by atoms with Gasteiger partial charge in [0.25, 0.3) is 0 Å². The smallest absolute Gasteiger partial charge is 0.243 e. The molecule has 28 heavy (non-hydrogen) atoms. The Morgan fingerprint density at radius 3 is 2.54 bits per heavy atom. The first kappa shape index (κ1) is 18.8. The molecule has 0 saturated heterocycles. The summed E-state index contributed by atoms with van der Waals surface area (Å²) in [6, 6.07) is 14.2. The predicted molar refractivity (Wildman–Crippen MR) is 109 cm³/mol. The van der Waals surface area contributed by atoms with E-state index in [9.17, 15) is 9.59 Å². The highest BCUT2D eigenvalue weighted by atomic mass is 16.2. The molecule has 1 atom stereocenters. The van der Waals surface area contributed by atoms with Crippen molar-refractivity contribution in [1.29, 1.82) is 0 Å². The van der Waals surface area contributed by atoms with E-state index in [4.69, 9.17) is 0 Å². The van der Waals surface area contributed by atoms with Crippen LogP contribution in [0.3, 0.4) is 0 Å². The molecule has 0 spiro atoms. The van der Waals surface area contributed by atoms with Crippen molar-refractivity contribution < 1.29 is 9.59 Å². The molecule has 2 heterocycles. The Bertz CT molecular complexity index is 825. The van der Waals surface area contributed by atoms with E-state index in [1.807, 2.05) is 29.2 Å². The van der Waals surface area contributed by atoms with Crippen molar-refractivity contribution in [3.8, 4) is 0 Å². The lowest BCUT2D eigenvalue weighted by molar-refractivity contribution is -0.145. The summed E-state index contributed by atoms with van der Waals surface area (Å²) < 4.78 is 2.23. The maximum atomic E-state index is 13.4. The van der Waals surface area contributed by atoms with E-state index in [1.165, 1.54) is 0 Å². The van der Waals surface area contributed by atoms with Gasteiger partial charge in [-0.05, 0) is 37.0 Å². The average molecular weight is 380 g/mol. The highest BCUT2D eigenvalue weighted by Gasteiger charge is 2.35. The number of aromatic nitrogens is 1. The van der Waals surface area contributed by atoms with Crippen LogP contribution in [0.1, 0.15) is 49.9 Å². The fraction of sp³-hybridized carbons (Fsp3) is 0.478. The second-order valence-corrected chi connectivity index (χ2v) is 7.91. The highest BCUT2D eigenvalue weighted by molar-refractivity contribution is 5.86. The molecule has 148 valence electrons. The summed E-state index contributed by atoms with van der Waals surface area (Å²) in [5.41, 5.74) is 2.25. The van der Waals surface area contributed by atoms with Crippen LogP contribution < -0.4 is 0 Å². The molecule has 0 radical (unpaired) electrons. The number of rotatable bonds is 6. The number of fused-ring (bicyclic) bond motifs is 1. The van der Waals surface area contributed by atoms with Crippen molar-refractivity contribution >= 4 is 11.8 Å². The first-order chi connectivity index (χ1) is 13.7. The van der Waals surface area contributed by atoms with Crippen LogP contribution >= 0.6 is 0 Å². The van der Waals surface area contributed by atoms with Crippen molar-refractivity contribution in [2.75, 3.05) is 19.6 Å². The Morgan fingerprint density at radius 2 is 1.86 bits per heavy atom. The van der Waals surface area contributed by atoms with Gasteiger partial charge in [0.05, 0.1) is 12.6 Å². The monoisotopic (exact) mass is 379 g/mol. The second-order valence-electron chi connectivity index (χ2n) is 7.91. The molecule has 0 bridgehead atoms. The largest absolute Gasteiger partial charge is 0.348 e. The Kier molecular flexibility index (Phi) is 5.51. The fourth-order valence-corrected chi connectivity index (χ4v) is 4.34. The van der Waals surface area contributed by atoms with Gasteiger partial charge in [-0.1, -0.05) is 43.7 Å². The van der Waals surface area contributed by atoms with Crippen LogP contribution in [0.25, 0.3) is 0 Å². The molecule has 0 N–H and O–H groups in total. The maximum Gasteiger partial charge on any atom is 0.243 e. The predicted octanol–water partition coefficient (Wildman–Crippen LogP) is 3.46. The molecule has 1 saturated carbocycles. The summed E-state index contributed by atoms with van der Waals surface area (Å²) in [5.74, 6) is 0.336. The quantitative estimate of drug-likeness (QED) is 0.772. The van der Waals surface area contributed by atoms with Crippen LogP contribution in [-0.4, -0.2) is 45.8 Å². The normalized spacial score (nSPS) is 19.0. The van der Waals surface area contributed by atoms with Crippen LogP contribution in [-0.2, 0) is 16.1 Å². The third-order valence-electron chi connectivity index (χ3n) is 6.06. The van der Waals surface area contributed by atoms with Gasteiger partial charge in [-0.2, -0.15) is 0 Å². The first-order valence-electron chi connectivity index (χ1n) is 10.5. The number of hydrogen-bond donors (Lipinski definition) is 0. The van der Waals surface area contributed by atoms with Gasteiger partial charge in [0.2, 0.25) is 11.8 Å². The zero-order chi connectivity index (χ0) is 19.5. The molecule has 2 aliphatic rings. The van der Waals surface area contributed by atoms with Crippen LogP contribution in [0, 0.1) is 5.92 Å². The van der Waals surface area contributed by atoms with Crippen molar-refractivity contribution in [3.05, 3.63) is 59.9 Å². The standard InChI is InChI=1S/C23H29N3O2/c1-2-13-25(23(28)19-10-6-11-19)17-21(27)26-16-15-24-14-7-12-20(24)22(26)18-8-4-3-5-9-18/h3-5,7-9,12,14,19,22H,2,6,10-11,13,15-17H2,1H3. The molecule has 1 aromatic heterocycles. The molecule has 5 nitrogen and oxygen atoms in total. The maximum absolute atomic E-state index is 13.4. The second kappa shape index (κ2) is 8.21. The van der Waals surface area contributed by atoms with Gasteiger partial charge in [0.15, 0.2) is 0 Å². The molecule has 2 aromatic rings. The van der Waals surface area contributed by atoms with Crippen LogP contribution in [0.5, 0.6) is 0 Å². The molecule has 1 unspecified atom stereocenters. The fourth-order valence-electron chi connectivity index (χ4n) is 4.34. The zero-order valence-corrected chi connectivity index (χ0v) is 16.6. The van der Waals surface area contributed by atoms with Gasteiger partial charge in [0.1, 0.15) is 0 Å². The van der Waals surface area contributed by atoms with Crippen molar-refractivity contribution in [1.82, 2.24) is 14.4 Å². The van der Waals surface area contributed by atoms with E-state index in [2.05, 4.69) is 35.9 Å². The minimum atomic E-state index is -0.0975. The van der Waals surface area contributed by atoms with E-state index in [-0.39, 0.29) is 30.3 Å². The Morgan fingerprint density at radius 1 is 1.07 bits per heavy atom. The minimum absolute atomic E-state index is 0.0439. The zero-order valence-electron chi connectivity index (χ0n) is 16.6. The van der Waals surface area contributed by atoms with Gasteiger partial charge in [-0.3, -0.25) is 9.59 Å². The van der Waals surface area contributed by atoms with Gasteiger partial charge >= 0.3 is 0 Å². The number of benzene rings is 1. The van der Waals surface area contributed by atoms with E-state index < -0.39 is 0 Å². The molecule has 2 amide bonds. The number of nitrogens with zero attached hydrogens (tertiary/aromatic N) is 3. The molecule has 1 aliphatic heterocycles. The Labute approximate surface area is 166 Å². The van der Waals surface area contributed by atoms with Gasteiger partial charge < -0.3 is 14.4 Å². The lowest BCUT2D eigenvalue weighted by Crippen LogP contribution is -2.49. The molecular formula is C23H29N3O2. The van der Waals surface area contributed by atoms with Crippen LogP contribution in [0.4, 0.5) is 0 Å². The van der Waals surface area contributed by atoms with Crippen molar-refractivity contribution in [3.63, 3.8) is 0 Å². The summed E-state index contributed by atoms with van der Waals surface area (Å²) in [4.78, 5) is 29.9. The summed E-state index contributed by atoms with van der Waals surface area (Å²) in [5, 5.41) is 0. The minimum Gasteiger partial charge on any atom is -0.348 e. The number of carbonyl (C=O) groups is 2. The lowest BCUT2D eigenvalue weighted by Gasteiger charge is -2.39. The van der Waals surface area contributed by atoms with E-state index in [1.54, 1.807) is 4.90 Å². The van der Waals surface area contributed by atoms with Crippen LogP contribution in [0.15, 0.2) is 48.7 Å². The molecule has 1 aliphatic carbocycles.